The molecule has 1 heterocycles. The van der Waals surface area contributed by atoms with E-state index in [-0.39, 0.29) is 5.41 Å². The van der Waals surface area contributed by atoms with Gasteiger partial charge in [-0.1, -0.05) is 166 Å². The van der Waals surface area contributed by atoms with Gasteiger partial charge in [-0.3, -0.25) is 0 Å². The molecule has 55 heavy (non-hydrogen) atoms. The lowest BCUT2D eigenvalue weighted by molar-refractivity contribution is 0.590. The standard InChI is InChI=1S/C53H39NO/c1-52(2,3)36-27-31-38(32-28-36)54(37-29-25-35(26-30-37)34-15-5-4-6-16-34)50-49-43(33-44-42-20-10-14-24-48(42)55-51(44)50)41-19-9-13-23-47(41)53(49)45-21-11-7-17-39(45)40-18-8-12-22-46(40)53/h4-33H,1-3H3. The minimum absolute atomic E-state index is 0.0175. The van der Waals surface area contributed by atoms with Crippen molar-refractivity contribution in [1.82, 2.24) is 0 Å². The van der Waals surface area contributed by atoms with E-state index in [9.17, 15) is 0 Å². The van der Waals surface area contributed by atoms with Crippen molar-refractivity contribution in [2.75, 3.05) is 4.90 Å². The zero-order valence-corrected chi connectivity index (χ0v) is 31.2. The van der Waals surface area contributed by atoms with Gasteiger partial charge in [0.05, 0.1) is 11.1 Å². The number of fused-ring (bicyclic) bond motifs is 13. The Morgan fingerprint density at radius 1 is 0.455 bits per heavy atom. The molecule has 1 spiro atoms. The predicted octanol–water partition coefficient (Wildman–Crippen LogP) is 14.4. The molecule has 0 unspecified atom stereocenters. The van der Waals surface area contributed by atoms with Gasteiger partial charge in [0.15, 0.2) is 5.58 Å². The molecule has 0 amide bonds. The molecule has 9 aromatic rings. The molecule has 262 valence electrons. The summed E-state index contributed by atoms with van der Waals surface area (Å²) in [7, 11) is 0. The van der Waals surface area contributed by atoms with E-state index in [4.69, 9.17) is 4.42 Å². The fourth-order valence-electron chi connectivity index (χ4n) is 9.57. The molecule has 8 aromatic carbocycles. The third-order valence-electron chi connectivity index (χ3n) is 12.0. The van der Waals surface area contributed by atoms with Crippen LogP contribution in [0.4, 0.5) is 17.1 Å². The van der Waals surface area contributed by atoms with Gasteiger partial charge in [-0.2, -0.15) is 0 Å². The lowest BCUT2D eigenvalue weighted by atomic mass is 9.69. The number of para-hydroxylation sites is 1. The Labute approximate surface area is 322 Å². The molecule has 0 fully saturated rings. The summed E-state index contributed by atoms with van der Waals surface area (Å²) in [5, 5.41) is 2.24. The Bertz CT molecular complexity index is 2900. The first-order valence-corrected chi connectivity index (χ1v) is 19.3. The van der Waals surface area contributed by atoms with Crippen molar-refractivity contribution in [1.29, 1.82) is 0 Å². The molecule has 0 bridgehead atoms. The normalized spacial score (nSPS) is 13.5. The topological polar surface area (TPSA) is 16.4 Å². The molecule has 0 saturated heterocycles. The molecule has 2 aliphatic carbocycles. The van der Waals surface area contributed by atoms with Crippen LogP contribution in [0.1, 0.15) is 48.6 Å². The quantitative estimate of drug-likeness (QED) is 0.181. The van der Waals surface area contributed by atoms with Gasteiger partial charge in [0.1, 0.15) is 5.58 Å². The Balaban J connectivity index is 1.31. The minimum atomic E-state index is -0.574. The molecule has 0 aliphatic heterocycles. The van der Waals surface area contributed by atoms with Crippen LogP contribution in [0.3, 0.4) is 0 Å². The third-order valence-corrected chi connectivity index (χ3v) is 12.0. The van der Waals surface area contributed by atoms with E-state index >= 15 is 0 Å². The molecule has 2 aliphatic rings. The maximum Gasteiger partial charge on any atom is 0.159 e. The van der Waals surface area contributed by atoms with E-state index in [1.807, 2.05) is 0 Å². The summed E-state index contributed by atoms with van der Waals surface area (Å²) < 4.78 is 7.14. The van der Waals surface area contributed by atoms with E-state index < -0.39 is 5.41 Å². The Morgan fingerprint density at radius 3 is 1.55 bits per heavy atom. The zero-order chi connectivity index (χ0) is 36.9. The zero-order valence-electron chi connectivity index (χ0n) is 31.2. The van der Waals surface area contributed by atoms with Crippen LogP contribution < -0.4 is 4.90 Å². The highest BCUT2D eigenvalue weighted by Crippen LogP contribution is 2.66. The second-order valence-corrected chi connectivity index (χ2v) is 16.1. The van der Waals surface area contributed by atoms with Crippen LogP contribution in [-0.2, 0) is 10.8 Å². The average molecular weight is 706 g/mol. The number of anilines is 3. The number of furan rings is 1. The lowest BCUT2D eigenvalue weighted by Crippen LogP contribution is -2.28. The van der Waals surface area contributed by atoms with Crippen LogP contribution in [0.5, 0.6) is 0 Å². The van der Waals surface area contributed by atoms with Crippen molar-refractivity contribution in [2.45, 2.75) is 31.6 Å². The van der Waals surface area contributed by atoms with Gasteiger partial charge in [0.2, 0.25) is 0 Å². The summed E-state index contributed by atoms with van der Waals surface area (Å²) >= 11 is 0. The van der Waals surface area contributed by atoms with E-state index in [2.05, 4.69) is 208 Å². The summed E-state index contributed by atoms with van der Waals surface area (Å²) in [6.07, 6.45) is 0. The molecular formula is C53H39NO. The maximum absolute atomic E-state index is 7.14. The molecule has 11 rings (SSSR count). The van der Waals surface area contributed by atoms with Gasteiger partial charge >= 0.3 is 0 Å². The molecule has 0 saturated carbocycles. The van der Waals surface area contributed by atoms with Crippen molar-refractivity contribution in [2.24, 2.45) is 0 Å². The molecule has 2 heteroatoms. The average Bonchev–Trinajstić information content (AvgIpc) is 3.85. The van der Waals surface area contributed by atoms with Gasteiger partial charge in [0, 0.05) is 27.7 Å². The van der Waals surface area contributed by atoms with Crippen LogP contribution in [0, 0.1) is 0 Å². The van der Waals surface area contributed by atoms with Crippen LogP contribution >= 0.6 is 0 Å². The molecule has 0 atom stereocenters. The number of hydrogen-bond donors (Lipinski definition) is 0. The van der Waals surface area contributed by atoms with Crippen molar-refractivity contribution >= 4 is 39.0 Å². The van der Waals surface area contributed by atoms with Crippen molar-refractivity contribution in [3.05, 3.63) is 210 Å². The van der Waals surface area contributed by atoms with E-state index in [1.165, 1.54) is 61.2 Å². The van der Waals surface area contributed by atoms with Crippen LogP contribution in [-0.4, -0.2) is 0 Å². The Morgan fingerprint density at radius 2 is 0.945 bits per heavy atom. The maximum atomic E-state index is 7.14. The smallest absolute Gasteiger partial charge is 0.159 e. The largest absolute Gasteiger partial charge is 0.454 e. The van der Waals surface area contributed by atoms with Gasteiger partial charge in [-0.15, -0.1) is 0 Å². The van der Waals surface area contributed by atoms with E-state index in [1.54, 1.807) is 0 Å². The number of rotatable bonds is 4. The SMILES string of the molecule is CC(C)(C)c1ccc(N(c2ccc(-c3ccccc3)cc2)c2c3c(cc4c2oc2ccccc24)-c2ccccc2C32c3ccccc3-c3ccccc32)cc1. The number of hydrogen-bond acceptors (Lipinski definition) is 2. The Hall–Kier alpha value is -6.64. The fourth-order valence-corrected chi connectivity index (χ4v) is 9.57. The van der Waals surface area contributed by atoms with E-state index in [0.717, 1.165) is 39.0 Å². The number of benzene rings is 8. The summed E-state index contributed by atoms with van der Waals surface area (Å²) in [5.41, 5.74) is 18.4. The number of nitrogens with zero attached hydrogens (tertiary/aromatic N) is 1. The highest BCUT2D eigenvalue weighted by Gasteiger charge is 2.54. The van der Waals surface area contributed by atoms with Crippen molar-refractivity contribution in [3.8, 4) is 33.4 Å². The molecule has 1 aromatic heterocycles. The molecule has 0 N–H and O–H groups in total. The molecular weight excluding hydrogens is 667 g/mol. The van der Waals surface area contributed by atoms with Crippen LogP contribution in [0.2, 0.25) is 0 Å². The highest BCUT2D eigenvalue weighted by molar-refractivity contribution is 6.16. The second-order valence-electron chi connectivity index (χ2n) is 16.1. The second kappa shape index (κ2) is 11.7. The third kappa shape index (κ3) is 4.49. The summed E-state index contributed by atoms with van der Waals surface area (Å²) in [4.78, 5) is 2.47. The van der Waals surface area contributed by atoms with Gasteiger partial charge in [-0.05, 0) is 97.4 Å². The lowest BCUT2D eigenvalue weighted by Gasteiger charge is -2.36. The fraction of sp³-hybridized carbons (Fsp3) is 0.0943. The van der Waals surface area contributed by atoms with Crippen molar-refractivity contribution in [3.63, 3.8) is 0 Å². The van der Waals surface area contributed by atoms with Crippen LogP contribution in [0.25, 0.3) is 55.3 Å². The molecule has 0 radical (unpaired) electrons. The Kier molecular flexibility index (Phi) is 6.76. The van der Waals surface area contributed by atoms with Gasteiger partial charge < -0.3 is 9.32 Å². The highest BCUT2D eigenvalue weighted by atomic mass is 16.3. The predicted molar refractivity (Wildman–Crippen MR) is 229 cm³/mol. The summed E-state index contributed by atoms with van der Waals surface area (Å²) in [6, 6.07) is 66.9. The first kappa shape index (κ1) is 31.8. The van der Waals surface area contributed by atoms with E-state index in [0.29, 0.717) is 0 Å². The first-order valence-electron chi connectivity index (χ1n) is 19.3. The van der Waals surface area contributed by atoms with Gasteiger partial charge in [0.25, 0.3) is 0 Å². The minimum Gasteiger partial charge on any atom is -0.454 e. The van der Waals surface area contributed by atoms with Gasteiger partial charge in [-0.25, -0.2) is 0 Å². The summed E-state index contributed by atoms with van der Waals surface area (Å²) in [6.45, 7) is 6.83. The molecule has 2 nitrogen and oxygen atoms in total. The first-order chi connectivity index (χ1) is 26.9. The van der Waals surface area contributed by atoms with Crippen molar-refractivity contribution < 1.29 is 4.42 Å². The summed E-state index contributed by atoms with van der Waals surface area (Å²) in [5.74, 6) is 0. The monoisotopic (exact) mass is 705 g/mol. The van der Waals surface area contributed by atoms with Crippen LogP contribution in [0.15, 0.2) is 186 Å².